The van der Waals surface area contributed by atoms with E-state index in [0.717, 1.165) is 48.9 Å². The van der Waals surface area contributed by atoms with Gasteiger partial charge >= 0.3 is 0 Å². The van der Waals surface area contributed by atoms with Crippen LogP contribution in [-0.4, -0.2) is 56.4 Å². The number of para-hydroxylation sites is 2. The number of rotatable bonds is 4. The van der Waals surface area contributed by atoms with Crippen LogP contribution in [0.3, 0.4) is 0 Å². The van der Waals surface area contributed by atoms with Crippen molar-refractivity contribution in [1.29, 1.82) is 0 Å². The Bertz CT molecular complexity index is 820. The number of piperazine rings is 1. The van der Waals surface area contributed by atoms with Crippen LogP contribution in [0.25, 0.3) is 0 Å². The van der Waals surface area contributed by atoms with Gasteiger partial charge in [-0.2, -0.15) is 0 Å². The molecule has 0 spiro atoms. The van der Waals surface area contributed by atoms with Crippen molar-refractivity contribution in [3.8, 4) is 5.75 Å². The van der Waals surface area contributed by atoms with Gasteiger partial charge in [-0.3, -0.25) is 9.69 Å². The molecule has 0 aliphatic carbocycles. The molecule has 1 saturated heterocycles. The van der Waals surface area contributed by atoms with E-state index >= 15 is 0 Å². The Balaban J connectivity index is 0.00000225. The van der Waals surface area contributed by atoms with Crippen LogP contribution in [-0.2, 0) is 4.79 Å². The van der Waals surface area contributed by atoms with Gasteiger partial charge in [0.2, 0.25) is 5.91 Å². The molecule has 0 saturated carbocycles. The molecule has 1 atom stereocenters. The fourth-order valence-corrected chi connectivity index (χ4v) is 4.87. The van der Waals surface area contributed by atoms with Crippen molar-refractivity contribution in [2.75, 3.05) is 50.5 Å². The van der Waals surface area contributed by atoms with Crippen molar-refractivity contribution < 1.29 is 9.53 Å². The predicted octanol–water partition coefficient (Wildman–Crippen LogP) is 3.20. The average molecular weight is 420 g/mol. The number of hydrogen-bond donors (Lipinski definition) is 1. The maximum Gasteiger partial charge on any atom is 0.241 e. The van der Waals surface area contributed by atoms with Gasteiger partial charge in [-0.15, -0.1) is 24.2 Å². The van der Waals surface area contributed by atoms with Gasteiger partial charge in [0.15, 0.2) is 0 Å². The predicted molar refractivity (Wildman–Crippen MR) is 117 cm³/mol. The largest absolute Gasteiger partial charge is 0.496 e. The quantitative estimate of drug-likeness (QED) is 0.824. The van der Waals surface area contributed by atoms with Gasteiger partial charge in [0, 0.05) is 42.4 Å². The lowest BCUT2D eigenvalue weighted by Crippen LogP contribution is -2.51. The molecule has 1 N–H and O–H groups in total. The highest BCUT2D eigenvalue weighted by molar-refractivity contribution is 7.99. The number of benzene rings is 2. The zero-order chi connectivity index (χ0) is 18.6. The fraction of sp³-hybridized carbons (Fsp3) is 0.381. The third-order valence-electron chi connectivity index (χ3n) is 5.22. The number of halogens is 1. The zero-order valence-electron chi connectivity index (χ0n) is 16.0. The number of carbonyl (C=O) groups is 1. The first-order valence-electron chi connectivity index (χ1n) is 9.38. The van der Waals surface area contributed by atoms with E-state index in [-0.39, 0.29) is 24.4 Å². The van der Waals surface area contributed by atoms with Gasteiger partial charge in [0.1, 0.15) is 5.75 Å². The van der Waals surface area contributed by atoms with Crippen LogP contribution in [0.1, 0.15) is 11.6 Å². The number of carbonyl (C=O) groups excluding carboxylic acids is 1. The first-order chi connectivity index (χ1) is 13.3. The minimum absolute atomic E-state index is 0. The van der Waals surface area contributed by atoms with E-state index in [4.69, 9.17) is 4.74 Å². The van der Waals surface area contributed by atoms with Crippen molar-refractivity contribution in [1.82, 2.24) is 10.2 Å². The fourth-order valence-electron chi connectivity index (χ4n) is 3.87. The van der Waals surface area contributed by atoms with Gasteiger partial charge < -0.3 is 15.0 Å². The summed E-state index contributed by atoms with van der Waals surface area (Å²) < 4.78 is 5.56. The SMILES string of the molecule is COc1ccccc1C1CNCCN1CC(=O)N1CCSc2ccccc21.Cl. The molecule has 150 valence electrons. The summed E-state index contributed by atoms with van der Waals surface area (Å²) in [6, 6.07) is 16.4. The lowest BCUT2D eigenvalue weighted by Gasteiger charge is -2.38. The normalized spacial score (nSPS) is 19.5. The van der Waals surface area contributed by atoms with Gasteiger partial charge in [-0.05, 0) is 18.2 Å². The molecule has 0 radical (unpaired) electrons. The van der Waals surface area contributed by atoms with Crippen LogP contribution in [0.2, 0.25) is 0 Å². The Labute approximate surface area is 176 Å². The molecule has 0 aromatic heterocycles. The Morgan fingerprint density at radius 2 is 1.96 bits per heavy atom. The van der Waals surface area contributed by atoms with Crippen molar-refractivity contribution in [2.24, 2.45) is 0 Å². The van der Waals surface area contributed by atoms with E-state index in [1.807, 2.05) is 47.0 Å². The molecule has 1 fully saturated rings. The van der Waals surface area contributed by atoms with Gasteiger partial charge in [0.05, 0.1) is 25.4 Å². The van der Waals surface area contributed by atoms with Crippen molar-refractivity contribution in [3.63, 3.8) is 0 Å². The van der Waals surface area contributed by atoms with Crippen molar-refractivity contribution in [3.05, 3.63) is 54.1 Å². The Kier molecular flexibility index (Phi) is 7.24. The van der Waals surface area contributed by atoms with Crippen molar-refractivity contribution >= 4 is 35.8 Å². The number of methoxy groups -OCH3 is 1. The number of anilines is 1. The summed E-state index contributed by atoms with van der Waals surface area (Å²) >= 11 is 1.82. The maximum absolute atomic E-state index is 13.2. The summed E-state index contributed by atoms with van der Waals surface area (Å²) in [5.41, 5.74) is 2.18. The molecule has 2 aromatic rings. The topological polar surface area (TPSA) is 44.8 Å². The summed E-state index contributed by atoms with van der Waals surface area (Å²) in [6.07, 6.45) is 0. The van der Waals surface area contributed by atoms with Crippen molar-refractivity contribution in [2.45, 2.75) is 10.9 Å². The molecule has 4 rings (SSSR count). The number of ether oxygens (including phenoxy) is 1. The van der Waals surface area contributed by atoms with Crippen LogP contribution in [0.4, 0.5) is 5.69 Å². The monoisotopic (exact) mass is 419 g/mol. The minimum Gasteiger partial charge on any atom is -0.496 e. The van der Waals surface area contributed by atoms with Gasteiger partial charge in [-0.1, -0.05) is 30.3 Å². The second-order valence-corrected chi connectivity index (χ2v) is 7.93. The molecule has 1 amide bonds. The number of hydrogen-bond acceptors (Lipinski definition) is 5. The van der Waals surface area contributed by atoms with Crippen LogP contribution in [0.5, 0.6) is 5.75 Å². The minimum atomic E-state index is 0. The standard InChI is InChI=1S/C21H25N3O2S.ClH/c1-26-19-8-4-2-6-16(19)18-14-22-10-11-23(18)15-21(25)24-12-13-27-20-9-5-3-7-17(20)24;/h2-9,18,22H,10-15H2,1H3;1H. The summed E-state index contributed by atoms with van der Waals surface area (Å²) in [4.78, 5) is 18.6. The first kappa shape index (κ1) is 21.0. The summed E-state index contributed by atoms with van der Waals surface area (Å²) in [6.45, 7) is 3.75. The van der Waals surface area contributed by atoms with E-state index in [1.54, 1.807) is 7.11 Å². The summed E-state index contributed by atoms with van der Waals surface area (Å²) in [5, 5.41) is 3.46. The summed E-state index contributed by atoms with van der Waals surface area (Å²) in [5.74, 6) is 1.99. The molecule has 2 aliphatic rings. The Morgan fingerprint density at radius 1 is 1.18 bits per heavy atom. The molecular weight excluding hydrogens is 394 g/mol. The molecule has 2 aromatic carbocycles. The highest BCUT2D eigenvalue weighted by atomic mass is 35.5. The molecule has 7 heteroatoms. The summed E-state index contributed by atoms with van der Waals surface area (Å²) in [7, 11) is 1.70. The van der Waals surface area contributed by atoms with Crippen LogP contribution >= 0.6 is 24.2 Å². The molecule has 28 heavy (non-hydrogen) atoms. The number of amides is 1. The van der Waals surface area contributed by atoms with E-state index < -0.39 is 0 Å². The molecule has 1 unspecified atom stereocenters. The van der Waals surface area contributed by atoms with E-state index in [1.165, 1.54) is 4.90 Å². The number of nitrogens with zero attached hydrogens (tertiary/aromatic N) is 2. The van der Waals surface area contributed by atoms with Crippen LogP contribution in [0.15, 0.2) is 53.4 Å². The van der Waals surface area contributed by atoms with E-state index in [9.17, 15) is 4.79 Å². The van der Waals surface area contributed by atoms with Gasteiger partial charge in [0.25, 0.3) is 0 Å². The molecule has 5 nitrogen and oxygen atoms in total. The highest BCUT2D eigenvalue weighted by Crippen LogP contribution is 2.35. The molecule has 2 heterocycles. The maximum atomic E-state index is 13.2. The molecule has 2 aliphatic heterocycles. The highest BCUT2D eigenvalue weighted by Gasteiger charge is 2.30. The average Bonchev–Trinajstić information content (AvgIpc) is 2.73. The second kappa shape index (κ2) is 9.65. The molecule has 0 bridgehead atoms. The first-order valence-corrected chi connectivity index (χ1v) is 10.4. The lowest BCUT2D eigenvalue weighted by molar-refractivity contribution is -0.120. The van der Waals surface area contributed by atoms with Gasteiger partial charge in [-0.25, -0.2) is 0 Å². The second-order valence-electron chi connectivity index (χ2n) is 6.79. The van der Waals surface area contributed by atoms with E-state index in [0.29, 0.717) is 6.54 Å². The van der Waals surface area contributed by atoms with E-state index in [2.05, 4.69) is 28.4 Å². The molecular formula is C21H26ClN3O2S. The van der Waals surface area contributed by atoms with Crippen LogP contribution < -0.4 is 15.0 Å². The Hall–Kier alpha value is -1.73. The Morgan fingerprint density at radius 3 is 2.82 bits per heavy atom. The van der Waals surface area contributed by atoms with Crippen LogP contribution in [0, 0.1) is 0 Å². The zero-order valence-corrected chi connectivity index (χ0v) is 17.6. The number of fused-ring (bicyclic) bond motifs is 1. The smallest absolute Gasteiger partial charge is 0.241 e. The number of thioether (sulfide) groups is 1. The number of nitrogens with one attached hydrogen (secondary N) is 1. The third-order valence-corrected chi connectivity index (χ3v) is 6.26. The lowest BCUT2D eigenvalue weighted by atomic mass is 10.0. The third kappa shape index (κ3) is 4.30.